The lowest BCUT2D eigenvalue weighted by atomic mass is 10.1. The van der Waals surface area contributed by atoms with Crippen LogP contribution in [0.1, 0.15) is 16.8 Å². The van der Waals surface area contributed by atoms with Crippen LogP contribution in [0.15, 0.2) is 30.3 Å². The number of carbonyl (C=O) groups is 1. The van der Waals surface area contributed by atoms with Crippen LogP contribution >= 0.6 is 22.6 Å². The molecule has 0 bridgehead atoms. The lowest BCUT2D eigenvalue weighted by Gasteiger charge is -2.24. The van der Waals surface area contributed by atoms with Crippen LogP contribution in [0.4, 0.5) is 20.2 Å². The van der Waals surface area contributed by atoms with Gasteiger partial charge in [-0.3, -0.25) is 4.79 Å². The van der Waals surface area contributed by atoms with Crippen LogP contribution in [-0.4, -0.2) is 49.5 Å². The Labute approximate surface area is 175 Å². The van der Waals surface area contributed by atoms with Crippen molar-refractivity contribution in [3.8, 4) is 5.75 Å². The summed E-state index contributed by atoms with van der Waals surface area (Å²) >= 11 is 1.98. The number of hydrogen-bond acceptors (Lipinski definition) is 5. The minimum absolute atomic E-state index is 0.0304. The Bertz CT molecular complexity index is 851. The second kappa shape index (κ2) is 9.99. The molecule has 0 heterocycles. The minimum atomic E-state index is -0.986. The number of hydrogen-bond donors (Lipinski definition) is 3. The summed E-state index contributed by atoms with van der Waals surface area (Å²) < 4.78 is 34.8. The van der Waals surface area contributed by atoms with E-state index in [0.29, 0.717) is 3.57 Å². The van der Waals surface area contributed by atoms with Crippen molar-refractivity contribution in [1.82, 2.24) is 5.32 Å². The molecular formula is C19H21F2IN2O4. The van der Waals surface area contributed by atoms with E-state index in [9.17, 15) is 18.7 Å². The maximum atomic E-state index is 14.4. The Morgan fingerprint density at radius 1 is 1.29 bits per heavy atom. The van der Waals surface area contributed by atoms with E-state index in [2.05, 4.69) is 5.32 Å². The van der Waals surface area contributed by atoms with Crippen molar-refractivity contribution in [2.24, 2.45) is 0 Å². The van der Waals surface area contributed by atoms with Gasteiger partial charge < -0.3 is 25.2 Å². The Morgan fingerprint density at radius 3 is 2.61 bits per heavy atom. The summed E-state index contributed by atoms with van der Waals surface area (Å²) in [6, 6.07) is 6.74. The fourth-order valence-electron chi connectivity index (χ4n) is 2.58. The van der Waals surface area contributed by atoms with Gasteiger partial charge in [-0.05, 0) is 46.9 Å². The standard InChI is InChI=1S/C19H21F2IN2O4/c1-23-19(27)18-16(24(2)15-4-3-12(22)9-14(15)21)7-11(20)8-17(18)28-6-5-13(26)10-25/h3-4,7-9,13,25-26H,5-6,10H2,1-2H3,(H,23,27)/t13-/m1/s1. The second-order valence-electron chi connectivity index (χ2n) is 6.01. The molecule has 28 heavy (non-hydrogen) atoms. The molecule has 1 amide bonds. The smallest absolute Gasteiger partial charge is 0.256 e. The monoisotopic (exact) mass is 506 g/mol. The summed E-state index contributed by atoms with van der Waals surface area (Å²) in [5, 5.41) is 20.8. The van der Waals surface area contributed by atoms with Crippen molar-refractivity contribution in [3.63, 3.8) is 0 Å². The molecule has 1 atom stereocenters. The van der Waals surface area contributed by atoms with Crippen molar-refractivity contribution in [1.29, 1.82) is 0 Å². The molecule has 0 aliphatic rings. The fraction of sp³-hybridized carbons (Fsp3) is 0.316. The molecular weight excluding hydrogens is 485 g/mol. The first-order chi connectivity index (χ1) is 13.3. The molecule has 0 spiro atoms. The molecule has 0 unspecified atom stereocenters. The van der Waals surface area contributed by atoms with Gasteiger partial charge in [0, 0.05) is 30.2 Å². The van der Waals surface area contributed by atoms with Gasteiger partial charge in [-0.25, -0.2) is 8.78 Å². The lowest BCUT2D eigenvalue weighted by Crippen LogP contribution is -2.24. The van der Waals surface area contributed by atoms with Gasteiger partial charge in [-0.1, -0.05) is 0 Å². The number of benzene rings is 2. The fourth-order valence-corrected chi connectivity index (χ4v) is 3.03. The summed E-state index contributed by atoms with van der Waals surface area (Å²) in [4.78, 5) is 13.8. The van der Waals surface area contributed by atoms with Crippen molar-refractivity contribution in [2.75, 3.05) is 32.2 Å². The van der Waals surface area contributed by atoms with Gasteiger partial charge in [0.1, 0.15) is 22.9 Å². The first-order valence-corrected chi connectivity index (χ1v) is 9.52. The second-order valence-corrected chi connectivity index (χ2v) is 7.25. The Balaban J connectivity index is 2.48. The van der Waals surface area contributed by atoms with Crippen molar-refractivity contribution < 1.29 is 28.5 Å². The summed E-state index contributed by atoms with van der Waals surface area (Å²) in [5.41, 5.74) is 0.317. The van der Waals surface area contributed by atoms with Gasteiger partial charge in [0.05, 0.1) is 30.7 Å². The zero-order valence-corrected chi connectivity index (χ0v) is 17.5. The van der Waals surface area contributed by atoms with E-state index in [1.807, 2.05) is 22.6 Å². The van der Waals surface area contributed by atoms with Gasteiger partial charge in [0.2, 0.25) is 0 Å². The number of aliphatic hydroxyl groups is 2. The van der Waals surface area contributed by atoms with Gasteiger partial charge in [-0.2, -0.15) is 0 Å². The third-order valence-electron chi connectivity index (χ3n) is 4.05. The quantitative estimate of drug-likeness (QED) is 0.480. The molecule has 6 nitrogen and oxygen atoms in total. The predicted molar refractivity (Wildman–Crippen MR) is 110 cm³/mol. The highest BCUT2D eigenvalue weighted by Gasteiger charge is 2.23. The van der Waals surface area contributed by atoms with Crippen LogP contribution in [0.3, 0.4) is 0 Å². The van der Waals surface area contributed by atoms with Crippen molar-refractivity contribution in [2.45, 2.75) is 12.5 Å². The topological polar surface area (TPSA) is 82.0 Å². The predicted octanol–water partition coefficient (Wildman–Crippen LogP) is 2.82. The largest absolute Gasteiger partial charge is 0.492 e. The Kier molecular flexibility index (Phi) is 7.96. The summed E-state index contributed by atoms with van der Waals surface area (Å²) in [5.74, 6) is -1.77. The zero-order valence-electron chi connectivity index (χ0n) is 15.4. The molecule has 2 aromatic rings. The Hall–Kier alpha value is -1.98. The average Bonchev–Trinajstić information content (AvgIpc) is 2.66. The molecule has 0 saturated heterocycles. The number of nitrogens with one attached hydrogen (secondary N) is 1. The first kappa shape index (κ1) is 22.3. The number of nitrogens with zero attached hydrogens (tertiary/aromatic N) is 1. The molecule has 9 heteroatoms. The molecule has 0 saturated carbocycles. The van der Waals surface area contributed by atoms with Crippen LogP contribution in [-0.2, 0) is 0 Å². The van der Waals surface area contributed by atoms with E-state index in [4.69, 9.17) is 9.84 Å². The van der Waals surface area contributed by atoms with Gasteiger partial charge in [0.25, 0.3) is 5.91 Å². The molecule has 152 valence electrons. The van der Waals surface area contributed by atoms with E-state index >= 15 is 0 Å². The van der Waals surface area contributed by atoms with Gasteiger partial charge >= 0.3 is 0 Å². The van der Waals surface area contributed by atoms with Crippen LogP contribution in [0.2, 0.25) is 0 Å². The van der Waals surface area contributed by atoms with E-state index in [0.717, 1.165) is 12.1 Å². The molecule has 2 aromatic carbocycles. The van der Waals surface area contributed by atoms with Crippen LogP contribution in [0.5, 0.6) is 5.75 Å². The van der Waals surface area contributed by atoms with Crippen molar-refractivity contribution >= 4 is 39.9 Å². The number of rotatable bonds is 8. The number of anilines is 2. The summed E-state index contributed by atoms with van der Waals surface area (Å²) in [7, 11) is 2.94. The minimum Gasteiger partial charge on any atom is -0.492 e. The van der Waals surface area contributed by atoms with Crippen LogP contribution < -0.4 is 15.0 Å². The molecule has 0 fully saturated rings. The molecule has 2 rings (SSSR count). The number of carbonyl (C=O) groups excluding carboxylic acids is 1. The van der Waals surface area contributed by atoms with Crippen LogP contribution in [0, 0.1) is 15.2 Å². The molecule has 0 aliphatic heterocycles. The van der Waals surface area contributed by atoms with E-state index in [-0.39, 0.29) is 35.7 Å². The number of halogens is 3. The lowest BCUT2D eigenvalue weighted by molar-refractivity contribution is 0.0750. The molecule has 0 aromatic heterocycles. The normalized spacial score (nSPS) is 11.8. The van der Waals surface area contributed by atoms with Gasteiger partial charge in [-0.15, -0.1) is 0 Å². The average molecular weight is 506 g/mol. The molecule has 0 aliphatic carbocycles. The third-order valence-corrected chi connectivity index (χ3v) is 4.72. The highest BCUT2D eigenvalue weighted by molar-refractivity contribution is 14.1. The highest BCUT2D eigenvalue weighted by Crippen LogP contribution is 2.35. The highest BCUT2D eigenvalue weighted by atomic mass is 127. The molecule has 3 N–H and O–H groups in total. The molecule has 0 radical (unpaired) electrons. The Morgan fingerprint density at radius 2 is 2.00 bits per heavy atom. The number of ether oxygens (including phenoxy) is 1. The summed E-state index contributed by atoms with van der Waals surface area (Å²) in [6.07, 6.45) is -0.892. The van der Waals surface area contributed by atoms with E-state index in [1.165, 1.54) is 31.1 Å². The SMILES string of the molecule is CNC(=O)c1c(OCC[C@@H](O)CO)cc(F)cc1N(C)c1ccc(I)cc1F. The van der Waals surface area contributed by atoms with E-state index < -0.39 is 30.3 Å². The number of aliphatic hydroxyl groups excluding tert-OH is 2. The summed E-state index contributed by atoms with van der Waals surface area (Å²) in [6.45, 7) is -0.481. The first-order valence-electron chi connectivity index (χ1n) is 8.44. The van der Waals surface area contributed by atoms with Crippen LogP contribution in [0.25, 0.3) is 0 Å². The zero-order chi connectivity index (χ0) is 20.8. The maximum absolute atomic E-state index is 14.4. The van der Waals surface area contributed by atoms with Crippen molar-refractivity contribution in [3.05, 3.63) is 51.1 Å². The maximum Gasteiger partial charge on any atom is 0.256 e. The third kappa shape index (κ3) is 5.30. The van der Waals surface area contributed by atoms with Gasteiger partial charge in [0.15, 0.2) is 0 Å². The van der Waals surface area contributed by atoms with E-state index in [1.54, 1.807) is 6.07 Å². The number of amides is 1.